The lowest BCUT2D eigenvalue weighted by Gasteiger charge is -2.12. The Morgan fingerprint density at radius 1 is 1.15 bits per heavy atom. The number of aryl methyl sites for hydroxylation is 3. The number of benzene rings is 1. The fourth-order valence-electron chi connectivity index (χ4n) is 2.20. The smallest absolute Gasteiger partial charge is 0.356 e. The number of hydrogen-bond donors (Lipinski definition) is 2. The third kappa shape index (κ3) is 3.12. The number of aromatic nitrogens is 2. The minimum Gasteiger partial charge on any atom is -0.476 e. The second-order valence-corrected chi connectivity index (χ2v) is 4.82. The van der Waals surface area contributed by atoms with Crippen molar-refractivity contribution < 1.29 is 9.90 Å². The molecule has 20 heavy (non-hydrogen) atoms. The lowest BCUT2D eigenvalue weighted by molar-refractivity contribution is 0.0690. The van der Waals surface area contributed by atoms with Crippen molar-refractivity contribution in [3.63, 3.8) is 0 Å². The number of nitrogens with one attached hydrogen (secondary N) is 1. The van der Waals surface area contributed by atoms with E-state index in [2.05, 4.69) is 48.2 Å². The maximum atomic E-state index is 10.7. The highest BCUT2D eigenvalue weighted by molar-refractivity contribution is 5.84. The van der Waals surface area contributed by atoms with Crippen LogP contribution in [0.3, 0.4) is 0 Å². The standard InChI is InChI=1S/C15H17N3O2/c1-9-4-10(2)12(11(3)5-9)6-17-14-8-16-13(7-18-14)15(19)20/h4-5,7-8H,6H2,1-3H3,(H,17,18)(H,19,20). The predicted molar refractivity (Wildman–Crippen MR) is 77.0 cm³/mol. The summed E-state index contributed by atoms with van der Waals surface area (Å²) in [5.41, 5.74) is 4.86. The second kappa shape index (κ2) is 5.69. The quantitative estimate of drug-likeness (QED) is 0.894. The van der Waals surface area contributed by atoms with E-state index in [0.29, 0.717) is 12.4 Å². The Hall–Kier alpha value is -2.43. The number of carbonyl (C=O) groups is 1. The van der Waals surface area contributed by atoms with Gasteiger partial charge in [0, 0.05) is 6.54 Å². The predicted octanol–water partition coefficient (Wildman–Crippen LogP) is 2.71. The Morgan fingerprint density at radius 2 is 1.80 bits per heavy atom. The van der Waals surface area contributed by atoms with Crippen molar-refractivity contribution in [2.45, 2.75) is 27.3 Å². The van der Waals surface area contributed by atoms with Gasteiger partial charge in [0.15, 0.2) is 5.69 Å². The van der Waals surface area contributed by atoms with Crippen LogP contribution in [-0.2, 0) is 6.54 Å². The molecule has 2 aromatic rings. The van der Waals surface area contributed by atoms with Gasteiger partial charge in [-0.25, -0.2) is 14.8 Å². The van der Waals surface area contributed by atoms with Crippen LogP contribution >= 0.6 is 0 Å². The van der Waals surface area contributed by atoms with Crippen LogP contribution in [0.25, 0.3) is 0 Å². The molecule has 0 aliphatic heterocycles. The summed E-state index contributed by atoms with van der Waals surface area (Å²) in [6.45, 7) is 6.87. The first kappa shape index (κ1) is 14.0. The van der Waals surface area contributed by atoms with Crippen LogP contribution in [0.1, 0.15) is 32.7 Å². The number of carboxylic acid groups (broad SMARTS) is 1. The Morgan fingerprint density at radius 3 is 2.30 bits per heavy atom. The van der Waals surface area contributed by atoms with E-state index in [0.717, 1.165) is 0 Å². The van der Waals surface area contributed by atoms with E-state index in [1.165, 1.54) is 34.6 Å². The van der Waals surface area contributed by atoms with Crippen molar-refractivity contribution in [3.8, 4) is 0 Å². The molecule has 5 nitrogen and oxygen atoms in total. The normalized spacial score (nSPS) is 10.3. The summed E-state index contributed by atoms with van der Waals surface area (Å²) in [5.74, 6) is -0.511. The molecule has 5 heteroatoms. The van der Waals surface area contributed by atoms with Gasteiger partial charge in [0.1, 0.15) is 5.82 Å². The van der Waals surface area contributed by atoms with Gasteiger partial charge >= 0.3 is 5.97 Å². The lowest BCUT2D eigenvalue weighted by atomic mass is 10.00. The van der Waals surface area contributed by atoms with Crippen LogP contribution in [0.4, 0.5) is 5.82 Å². The van der Waals surface area contributed by atoms with Crippen LogP contribution in [0.2, 0.25) is 0 Å². The average molecular weight is 271 g/mol. The zero-order valence-electron chi connectivity index (χ0n) is 11.8. The summed E-state index contributed by atoms with van der Waals surface area (Å²) >= 11 is 0. The van der Waals surface area contributed by atoms with Crippen molar-refractivity contribution in [1.29, 1.82) is 0 Å². The van der Waals surface area contributed by atoms with Gasteiger partial charge < -0.3 is 10.4 Å². The summed E-state index contributed by atoms with van der Waals surface area (Å²) in [5, 5.41) is 11.9. The SMILES string of the molecule is Cc1cc(C)c(CNc2cnc(C(=O)O)cn2)c(C)c1. The molecule has 104 valence electrons. The summed E-state index contributed by atoms with van der Waals surface area (Å²) in [7, 11) is 0. The van der Waals surface area contributed by atoms with Gasteiger partial charge in [0.2, 0.25) is 0 Å². The Labute approximate surface area is 117 Å². The molecular weight excluding hydrogens is 254 g/mol. The van der Waals surface area contributed by atoms with E-state index in [1.807, 2.05) is 0 Å². The van der Waals surface area contributed by atoms with Gasteiger partial charge in [-0.2, -0.15) is 0 Å². The first-order valence-corrected chi connectivity index (χ1v) is 6.33. The first-order valence-electron chi connectivity index (χ1n) is 6.33. The molecule has 1 heterocycles. The molecule has 0 unspecified atom stereocenters. The van der Waals surface area contributed by atoms with Crippen molar-refractivity contribution in [2.75, 3.05) is 5.32 Å². The summed E-state index contributed by atoms with van der Waals surface area (Å²) in [6, 6.07) is 4.28. The fraction of sp³-hybridized carbons (Fsp3) is 0.267. The molecule has 0 saturated carbocycles. The number of nitrogens with zero attached hydrogens (tertiary/aromatic N) is 2. The van der Waals surface area contributed by atoms with Gasteiger partial charge in [-0.1, -0.05) is 17.7 Å². The van der Waals surface area contributed by atoms with Crippen LogP contribution < -0.4 is 5.32 Å². The summed E-state index contributed by atoms with van der Waals surface area (Å²) in [4.78, 5) is 18.6. The number of anilines is 1. The molecule has 0 radical (unpaired) electrons. The molecule has 2 N–H and O–H groups in total. The molecule has 0 aliphatic carbocycles. The van der Waals surface area contributed by atoms with E-state index >= 15 is 0 Å². The Kier molecular flexibility index (Phi) is 3.98. The zero-order chi connectivity index (χ0) is 14.7. The molecule has 0 fully saturated rings. The molecule has 0 saturated heterocycles. The van der Waals surface area contributed by atoms with Crippen LogP contribution in [0.15, 0.2) is 24.5 Å². The minimum atomic E-state index is -1.07. The third-order valence-electron chi connectivity index (χ3n) is 3.16. The van der Waals surface area contributed by atoms with E-state index in [1.54, 1.807) is 0 Å². The van der Waals surface area contributed by atoms with E-state index in [-0.39, 0.29) is 5.69 Å². The fourth-order valence-corrected chi connectivity index (χ4v) is 2.20. The molecule has 0 atom stereocenters. The minimum absolute atomic E-state index is 0.0572. The lowest BCUT2D eigenvalue weighted by Crippen LogP contribution is -2.07. The van der Waals surface area contributed by atoms with E-state index in [9.17, 15) is 4.79 Å². The van der Waals surface area contributed by atoms with Gasteiger partial charge in [-0.05, 0) is 37.5 Å². The molecule has 0 bridgehead atoms. The summed E-state index contributed by atoms with van der Waals surface area (Å²) < 4.78 is 0. The van der Waals surface area contributed by atoms with Crippen molar-refractivity contribution in [1.82, 2.24) is 9.97 Å². The van der Waals surface area contributed by atoms with Gasteiger partial charge in [0.05, 0.1) is 12.4 Å². The highest BCUT2D eigenvalue weighted by atomic mass is 16.4. The van der Waals surface area contributed by atoms with E-state index in [4.69, 9.17) is 5.11 Å². The Bertz CT molecular complexity index is 613. The van der Waals surface area contributed by atoms with E-state index < -0.39 is 5.97 Å². The maximum absolute atomic E-state index is 10.7. The van der Waals surface area contributed by atoms with Gasteiger partial charge in [-0.3, -0.25) is 0 Å². The maximum Gasteiger partial charge on any atom is 0.356 e. The van der Waals surface area contributed by atoms with Crippen molar-refractivity contribution >= 4 is 11.8 Å². The second-order valence-electron chi connectivity index (χ2n) is 4.82. The van der Waals surface area contributed by atoms with Crippen LogP contribution in [0.5, 0.6) is 0 Å². The molecule has 0 spiro atoms. The highest BCUT2D eigenvalue weighted by Crippen LogP contribution is 2.17. The first-order chi connectivity index (χ1) is 9.47. The third-order valence-corrected chi connectivity index (χ3v) is 3.16. The van der Waals surface area contributed by atoms with Gasteiger partial charge in [0.25, 0.3) is 0 Å². The van der Waals surface area contributed by atoms with Crippen molar-refractivity contribution in [3.05, 3.63) is 52.5 Å². The topological polar surface area (TPSA) is 75.1 Å². The Balaban J connectivity index is 2.11. The molecule has 0 aliphatic rings. The molecule has 0 amide bonds. The van der Waals surface area contributed by atoms with Crippen molar-refractivity contribution in [2.24, 2.45) is 0 Å². The average Bonchev–Trinajstić information content (AvgIpc) is 2.38. The number of carboxylic acids is 1. The number of hydrogen-bond acceptors (Lipinski definition) is 4. The van der Waals surface area contributed by atoms with Crippen LogP contribution in [-0.4, -0.2) is 21.0 Å². The number of aromatic carboxylic acids is 1. The van der Waals surface area contributed by atoms with Gasteiger partial charge in [-0.15, -0.1) is 0 Å². The number of rotatable bonds is 4. The molecule has 1 aromatic heterocycles. The summed E-state index contributed by atoms with van der Waals surface area (Å²) in [6.07, 6.45) is 2.68. The monoisotopic (exact) mass is 271 g/mol. The zero-order valence-corrected chi connectivity index (χ0v) is 11.8. The highest BCUT2D eigenvalue weighted by Gasteiger charge is 2.06. The van der Waals surface area contributed by atoms with Crippen LogP contribution in [0, 0.1) is 20.8 Å². The molecular formula is C15H17N3O2. The molecule has 2 rings (SSSR count). The largest absolute Gasteiger partial charge is 0.476 e. The molecule has 1 aromatic carbocycles.